The van der Waals surface area contributed by atoms with E-state index in [9.17, 15) is 4.79 Å². The maximum absolute atomic E-state index is 11.7. The van der Waals surface area contributed by atoms with E-state index < -0.39 is 0 Å². The molecular formula is C10H13N5OS. The number of carbonyl (C=O) groups excluding carboxylic acids is 1. The van der Waals surface area contributed by atoms with Crippen LogP contribution in [0.1, 0.15) is 16.2 Å². The van der Waals surface area contributed by atoms with E-state index in [0.717, 1.165) is 5.69 Å². The molecule has 0 spiro atoms. The molecule has 0 aliphatic heterocycles. The predicted octanol–water partition coefficient (Wildman–Crippen LogP) is 0.431. The highest BCUT2D eigenvalue weighted by Crippen LogP contribution is 2.07. The normalized spacial score (nSPS) is 10.4. The average Bonchev–Trinajstić information content (AvgIpc) is 2.88. The summed E-state index contributed by atoms with van der Waals surface area (Å²) >= 11 is 1.54. The van der Waals surface area contributed by atoms with Crippen molar-refractivity contribution in [3.8, 4) is 0 Å². The molecule has 0 aliphatic rings. The molecule has 2 heterocycles. The highest BCUT2D eigenvalue weighted by molar-refractivity contribution is 7.07. The fraction of sp³-hybridized carbons (Fsp3) is 0.300. The van der Waals surface area contributed by atoms with Crippen LogP contribution in [0, 0.1) is 0 Å². The molecule has 0 aromatic carbocycles. The minimum Gasteiger partial charge on any atom is -0.396 e. The van der Waals surface area contributed by atoms with Gasteiger partial charge in [0.05, 0.1) is 16.9 Å². The Hall–Kier alpha value is -1.89. The van der Waals surface area contributed by atoms with E-state index in [-0.39, 0.29) is 11.6 Å². The summed E-state index contributed by atoms with van der Waals surface area (Å²) in [6.45, 7) is 0.526. The van der Waals surface area contributed by atoms with Gasteiger partial charge in [-0.2, -0.15) is 5.10 Å². The SMILES string of the molecule is Cn1cc(N)c(C(=O)NCCc2cscn2)n1. The monoisotopic (exact) mass is 251 g/mol. The number of hydrogen-bond acceptors (Lipinski definition) is 5. The van der Waals surface area contributed by atoms with Gasteiger partial charge in [0, 0.05) is 31.6 Å². The van der Waals surface area contributed by atoms with Crippen molar-refractivity contribution in [2.75, 3.05) is 12.3 Å². The summed E-state index contributed by atoms with van der Waals surface area (Å²) in [5.41, 5.74) is 9.06. The molecule has 2 aromatic rings. The molecule has 90 valence electrons. The fourth-order valence-electron chi connectivity index (χ4n) is 1.43. The molecule has 0 aliphatic carbocycles. The predicted molar refractivity (Wildman–Crippen MR) is 65.8 cm³/mol. The zero-order chi connectivity index (χ0) is 12.3. The number of nitrogen functional groups attached to an aromatic ring is 1. The molecule has 0 atom stereocenters. The topological polar surface area (TPSA) is 85.8 Å². The molecular weight excluding hydrogens is 238 g/mol. The first kappa shape index (κ1) is 11.6. The van der Waals surface area contributed by atoms with Gasteiger partial charge in [-0.25, -0.2) is 4.98 Å². The number of aromatic nitrogens is 3. The van der Waals surface area contributed by atoms with Crippen LogP contribution in [0.2, 0.25) is 0 Å². The Balaban J connectivity index is 1.87. The van der Waals surface area contributed by atoms with Crippen LogP contribution in [0.15, 0.2) is 17.1 Å². The molecule has 2 aromatic heterocycles. The lowest BCUT2D eigenvalue weighted by Crippen LogP contribution is -2.27. The van der Waals surface area contributed by atoms with E-state index in [1.54, 1.807) is 30.1 Å². The van der Waals surface area contributed by atoms with Crippen molar-refractivity contribution in [3.05, 3.63) is 28.5 Å². The number of anilines is 1. The number of rotatable bonds is 4. The van der Waals surface area contributed by atoms with Crippen LogP contribution in [0.5, 0.6) is 0 Å². The maximum Gasteiger partial charge on any atom is 0.273 e. The number of nitrogens with zero attached hydrogens (tertiary/aromatic N) is 3. The van der Waals surface area contributed by atoms with Crippen molar-refractivity contribution in [1.29, 1.82) is 0 Å². The largest absolute Gasteiger partial charge is 0.396 e. The number of aryl methyl sites for hydroxylation is 1. The van der Waals surface area contributed by atoms with Crippen molar-refractivity contribution in [2.45, 2.75) is 6.42 Å². The van der Waals surface area contributed by atoms with Crippen LogP contribution >= 0.6 is 11.3 Å². The zero-order valence-electron chi connectivity index (χ0n) is 9.38. The lowest BCUT2D eigenvalue weighted by molar-refractivity contribution is 0.0949. The van der Waals surface area contributed by atoms with Gasteiger partial charge in [-0.3, -0.25) is 9.48 Å². The molecule has 17 heavy (non-hydrogen) atoms. The smallest absolute Gasteiger partial charge is 0.273 e. The standard InChI is InChI=1S/C10H13N5OS/c1-15-4-8(11)9(14-15)10(16)12-3-2-7-5-17-6-13-7/h4-6H,2-3,11H2,1H3,(H,12,16). The first-order valence-corrected chi connectivity index (χ1v) is 6.05. The van der Waals surface area contributed by atoms with Gasteiger partial charge >= 0.3 is 0 Å². The van der Waals surface area contributed by atoms with Crippen molar-refractivity contribution < 1.29 is 4.79 Å². The molecule has 0 saturated heterocycles. The van der Waals surface area contributed by atoms with E-state index in [0.29, 0.717) is 18.7 Å². The van der Waals surface area contributed by atoms with Crippen molar-refractivity contribution in [3.63, 3.8) is 0 Å². The second-order valence-corrected chi connectivity index (χ2v) is 4.31. The van der Waals surface area contributed by atoms with Crippen LogP contribution < -0.4 is 11.1 Å². The lowest BCUT2D eigenvalue weighted by Gasteiger charge is -2.01. The molecule has 1 amide bonds. The third kappa shape index (κ3) is 2.82. The molecule has 0 unspecified atom stereocenters. The van der Waals surface area contributed by atoms with Crippen LogP contribution in [0.3, 0.4) is 0 Å². The van der Waals surface area contributed by atoms with Crippen LogP contribution in [0.4, 0.5) is 5.69 Å². The third-order valence-electron chi connectivity index (χ3n) is 2.22. The van der Waals surface area contributed by atoms with Gasteiger partial charge < -0.3 is 11.1 Å². The summed E-state index contributed by atoms with van der Waals surface area (Å²) in [6, 6.07) is 0. The number of hydrogen-bond donors (Lipinski definition) is 2. The molecule has 2 rings (SSSR count). The molecule has 0 radical (unpaired) electrons. The van der Waals surface area contributed by atoms with Gasteiger partial charge in [-0.15, -0.1) is 11.3 Å². The number of nitrogens with two attached hydrogens (primary N) is 1. The van der Waals surface area contributed by atoms with Crippen molar-refractivity contribution in [2.24, 2.45) is 7.05 Å². The van der Waals surface area contributed by atoms with Crippen molar-refractivity contribution >= 4 is 22.9 Å². The Kier molecular flexibility index (Phi) is 3.38. The summed E-state index contributed by atoms with van der Waals surface area (Å²) in [5, 5.41) is 8.71. The Labute approximate surface area is 102 Å². The van der Waals surface area contributed by atoms with Crippen LogP contribution in [-0.2, 0) is 13.5 Å². The molecule has 3 N–H and O–H groups in total. The van der Waals surface area contributed by atoms with Crippen LogP contribution in [0.25, 0.3) is 0 Å². The molecule has 0 fully saturated rings. The van der Waals surface area contributed by atoms with Gasteiger partial charge in [-0.05, 0) is 0 Å². The van der Waals surface area contributed by atoms with Gasteiger partial charge in [0.15, 0.2) is 5.69 Å². The molecule has 7 heteroatoms. The summed E-state index contributed by atoms with van der Waals surface area (Å²) < 4.78 is 1.52. The Morgan fingerprint density at radius 1 is 1.65 bits per heavy atom. The minimum absolute atomic E-state index is 0.252. The molecule has 0 bridgehead atoms. The second-order valence-electron chi connectivity index (χ2n) is 3.59. The Morgan fingerprint density at radius 3 is 3.06 bits per heavy atom. The van der Waals surface area contributed by atoms with Gasteiger partial charge in [0.2, 0.25) is 0 Å². The maximum atomic E-state index is 11.7. The third-order valence-corrected chi connectivity index (χ3v) is 2.86. The van der Waals surface area contributed by atoms with E-state index in [2.05, 4.69) is 15.4 Å². The van der Waals surface area contributed by atoms with E-state index in [1.807, 2.05) is 5.38 Å². The quantitative estimate of drug-likeness (QED) is 0.825. The summed E-state index contributed by atoms with van der Waals surface area (Å²) in [7, 11) is 1.72. The Bertz CT molecular complexity index is 505. The van der Waals surface area contributed by atoms with E-state index in [1.165, 1.54) is 4.68 Å². The Morgan fingerprint density at radius 2 is 2.47 bits per heavy atom. The zero-order valence-corrected chi connectivity index (χ0v) is 10.2. The van der Waals surface area contributed by atoms with E-state index >= 15 is 0 Å². The fourth-order valence-corrected chi connectivity index (χ4v) is 2.02. The molecule has 0 saturated carbocycles. The number of carbonyl (C=O) groups is 1. The highest BCUT2D eigenvalue weighted by Gasteiger charge is 2.13. The molecule has 6 nitrogen and oxygen atoms in total. The minimum atomic E-state index is -0.252. The van der Waals surface area contributed by atoms with Gasteiger partial charge in [0.25, 0.3) is 5.91 Å². The van der Waals surface area contributed by atoms with Crippen molar-refractivity contribution in [1.82, 2.24) is 20.1 Å². The first-order valence-electron chi connectivity index (χ1n) is 5.11. The number of amides is 1. The summed E-state index contributed by atoms with van der Waals surface area (Å²) in [5.74, 6) is -0.252. The van der Waals surface area contributed by atoms with Gasteiger partial charge in [0.1, 0.15) is 0 Å². The lowest BCUT2D eigenvalue weighted by atomic mass is 10.3. The summed E-state index contributed by atoms with van der Waals surface area (Å²) in [6.07, 6.45) is 2.32. The van der Waals surface area contributed by atoms with E-state index in [4.69, 9.17) is 5.73 Å². The first-order chi connectivity index (χ1) is 8.16. The van der Waals surface area contributed by atoms with Crippen LogP contribution in [-0.4, -0.2) is 27.2 Å². The number of nitrogens with one attached hydrogen (secondary N) is 1. The number of thiazole rings is 1. The van der Waals surface area contributed by atoms with Gasteiger partial charge in [-0.1, -0.05) is 0 Å². The second kappa shape index (κ2) is 4.96. The average molecular weight is 251 g/mol. The highest BCUT2D eigenvalue weighted by atomic mass is 32.1. The summed E-state index contributed by atoms with van der Waals surface area (Å²) in [4.78, 5) is 15.9.